The molecule has 1 aliphatic rings. The zero-order valence-electron chi connectivity index (χ0n) is 13.3. The molecule has 1 fully saturated rings. The van der Waals surface area contributed by atoms with Crippen molar-refractivity contribution in [3.63, 3.8) is 0 Å². The molecule has 23 heavy (non-hydrogen) atoms. The van der Waals surface area contributed by atoms with Gasteiger partial charge in [0.15, 0.2) is 5.82 Å². The van der Waals surface area contributed by atoms with Crippen LogP contribution in [-0.4, -0.2) is 40.4 Å². The molecule has 2 aromatic rings. The van der Waals surface area contributed by atoms with Crippen molar-refractivity contribution in [2.75, 3.05) is 19.5 Å². The maximum atomic E-state index is 11.8. The molecule has 0 aliphatic heterocycles. The Bertz CT molecular complexity index is 681. The van der Waals surface area contributed by atoms with Gasteiger partial charge in [0.05, 0.1) is 12.0 Å². The van der Waals surface area contributed by atoms with Crippen LogP contribution in [0.1, 0.15) is 31.4 Å². The predicted octanol–water partition coefficient (Wildman–Crippen LogP) is 1.60. The molecule has 1 atom stereocenters. The number of rotatable bonds is 7. The monoisotopic (exact) mass is 318 g/mol. The molecule has 7 heteroatoms. The van der Waals surface area contributed by atoms with Crippen LogP contribution in [-0.2, 0) is 20.7 Å². The van der Waals surface area contributed by atoms with Gasteiger partial charge in [-0.15, -0.1) is 0 Å². The number of nitrogen functional groups attached to an aromatic ring is 1. The van der Waals surface area contributed by atoms with E-state index in [2.05, 4.69) is 10.1 Å². The Morgan fingerprint density at radius 2 is 2.30 bits per heavy atom. The molecule has 0 aromatic carbocycles. The van der Waals surface area contributed by atoms with Crippen molar-refractivity contribution < 1.29 is 14.3 Å². The van der Waals surface area contributed by atoms with E-state index in [-0.39, 0.29) is 18.0 Å². The van der Waals surface area contributed by atoms with E-state index in [4.69, 9.17) is 15.2 Å². The lowest BCUT2D eigenvalue weighted by atomic mass is 9.86. The second-order valence-corrected chi connectivity index (χ2v) is 5.92. The zero-order chi connectivity index (χ0) is 16.2. The van der Waals surface area contributed by atoms with Gasteiger partial charge in [0, 0.05) is 12.8 Å². The third kappa shape index (κ3) is 3.44. The predicted molar refractivity (Wildman–Crippen MR) is 84.8 cm³/mol. The SMILES string of the molecule is COC(CCc1ccc2c(N)ncnn12)COC(=O)C1CCC1. The summed E-state index contributed by atoms with van der Waals surface area (Å²) >= 11 is 0. The van der Waals surface area contributed by atoms with E-state index in [1.165, 1.54) is 6.33 Å². The molecule has 0 amide bonds. The normalized spacial score (nSPS) is 16.2. The minimum Gasteiger partial charge on any atom is -0.463 e. The number of anilines is 1. The van der Waals surface area contributed by atoms with Crippen molar-refractivity contribution in [2.45, 2.75) is 38.2 Å². The lowest BCUT2D eigenvalue weighted by Crippen LogP contribution is -2.28. The van der Waals surface area contributed by atoms with Gasteiger partial charge in [0.1, 0.15) is 18.5 Å². The molecule has 1 aliphatic carbocycles. The van der Waals surface area contributed by atoms with Crippen molar-refractivity contribution in [1.82, 2.24) is 14.6 Å². The van der Waals surface area contributed by atoms with Crippen molar-refractivity contribution >= 4 is 17.3 Å². The second-order valence-electron chi connectivity index (χ2n) is 5.92. The Labute approximate surface area is 134 Å². The molecule has 2 aromatic heterocycles. The van der Waals surface area contributed by atoms with Gasteiger partial charge >= 0.3 is 5.97 Å². The number of aryl methyl sites for hydroxylation is 1. The largest absolute Gasteiger partial charge is 0.463 e. The van der Waals surface area contributed by atoms with Crippen LogP contribution < -0.4 is 5.73 Å². The van der Waals surface area contributed by atoms with Gasteiger partial charge in [-0.3, -0.25) is 4.79 Å². The zero-order valence-corrected chi connectivity index (χ0v) is 13.3. The first-order chi connectivity index (χ1) is 11.2. The van der Waals surface area contributed by atoms with Gasteiger partial charge in [-0.2, -0.15) is 5.10 Å². The number of carbonyl (C=O) groups excluding carboxylic acids is 1. The van der Waals surface area contributed by atoms with E-state index in [1.807, 2.05) is 12.1 Å². The van der Waals surface area contributed by atoms with Crippen LogP contribution in [0.25, 0.3) is 5.52 Å². The van der Waals surface area contributed by atoms with Crippen molar-refractivity contribution in [3.05, 3.63) is 24.2 Å². The molecular weight excluding hydrogens is 296 g/mol. The molecule has 1 saturated carbocycles. The molecule has 3 rings (SSSR count). The van der Waals surface area contributed by atoms with E-state index >= 15 is 0 Å². The third-order valence-corrected chi connectivity index (χ3v) is 4.47. The van der Waals surface area contributed by atoms with Crippen molar-refractivity contribution in [1.29, 1.82) is 0 Å². The van der Waals surface area contributed by atoms with Crippen LogP contribution in [0.4, 0.5) is 5.82 Å². The average molecular weight is 318 g/mol. The highest BCUT2D eigenvalue weighted by Crippen LogP contribution is 2.27. The van der Waals surface area contributed by atoms with Gasteiger partial charge < -0.3 is 15.2 Å². The topological polar surface area (TPSA) is 91.7 Å². The minimum absolute atomic E-state index is 0.0908. The third-order valence-electron chi connectivity index (χ3n) is 4.47. The van der Waals surface area contributed by atoms with E-state index in [9.17, 15) is 4.79 Å². The first-order valence-electron chi connectivity index (χ1n) is 7.95. The molecular formula is C16H22N4O3. The quantitative estimate of drug-likeness (QED) is 0.780. The van der Waals surface area contributed by atoms with Crippen LogP contribution in [0.3, 0.4) is 0 Å². The van der Waals surface area contributed by atoms with Gasteiger partial charge in [-0.1, -0.05) is 6.42 Å². The lowest BCUT2D eigenvalue weighted by molar-refractivity contribution is -0.155. The molecule has 0 saturated heterocycles. The summed E-state index contributed by atoms with van der Waals surface area (Å²) in [6.07, 6.45) is 5.85. The molecule has 2 heterocycles. The first-order valence-corrected chi connectivity index (χ1v) is 7.95. The summed E-state index contributed by atoms with van der Waals surface area (Å²) in [5.74, 6) is 0.470. The molecule has 0 bridgehead atoms. The fraction of sp³-hybridized carbons (Fsp3) is 0.562. The number of nitrogens with zero attached hydrogens (tertiary/aromatic N) is 3. The number of nitrogens with two attached hydrogens (primary N) is 1. The molecule has 7 nitrogen and oxygen atoms in total. The summed E-state index contributed by atoms with van der Waals surface area (Å²) in [7, 11) is 1.64. The summed E-state index contributed by atoms with van der Waals surface area (Å²) in [4.78, 5) is 15.8. The highest BCUT2D eigenvalue weighted by atomic mass is 16.6. The number of esters is 1. The van der Waals surface area contributed by atoms with E-state index in [0.717, 1.165) is 43.3 Å². The molecule has 124 valence electrons. The lowest BCUT2D eigenvalue weighted by Gasteiger charge is -2.24. The molecule has 1 unspecified atom stereocenters. The summed E-state index contributed by atoms with van der Waals surface area (Å²) in [5, 5.41) is 4.22. The summed E-state index contributed by atoms with van der Waals surface area (Å²) in [5.41, 5.74) is 7.65. The number of methoxy groups -OCH3 is 1. The Kier molecular flexibility index (Phi) is 4.76. The fourth-order valence-corrected chi connectivity index (χ4v) is 2.71. The number of fused-ring (bicyclic) bond motifs is 1. The van der Waals surface area contributed by atoms with Crippen LogP contribution >= 0.6 is 0 Å². The summed E-state index contributed by atoms with van der Waals surface area (Å²) < 4.78 is 12.6. The maximum Gasteiger partial charge on any atom is 0.309 e. The highest BCUT2D eigenvalue weighted by molar-refractivity contribution is 5.73. The number of hydrogen-bond acceptors (Lipinski definition) is 6. The van der Waals surface area contributed by atoms with Gasteiger partial charge in [-0.25, -0.2) is 9.50 Å². The van der Waals surface area contributed by atoms with Crippen LogP contribution in [0.5, 0.6) is 0 Å². The second kappa shape index (κ2) is 6.95. The van der Waals surface area contributed by atoms with E-state index in [0.29, 0.717) is 12.4 Å². The van der Waals surface area contributed by atoms with Gasteiger partial charge in [-0.05, 0) is 37.8 Å². The summed E-state index contributed by atoms with van der Waals surface area (Å²) in [6.45, 7) is 0.298. The maximum absolute atomic E-state index is 11.8. The standard InChI is InChI=1S/C16H22N4O3/c1-22-13(9-23-16(21)11-3-2-4-11)7-5-12-6-8-14-15(17)18-10-19-20(12)14/h6,8,10-11,13H,2-5,7,9H2,1H3,(H2,17,18,19). The Morgan fingerprint density at radius 3 is 3.00 bits per heavy atom. The Hall–Kier alpha value is -2.15. The smallest absolute Gasteiger partial charge is 0.309 e. The van der Waals surface area contributed by atoms with Gasteiger partial charge in [0.2, 0.25) is 0 Å². The number of ether oxygens (including phenoxy) is 2. The first kappa shape index (κ1) is 15.7. The average Bonchev–Trinajstić information content (AvgIpc) is 2.90. The number of hydrogen-bond donors (Lipinski definition) is 1. The Morgan fingerprint density at radius 1 is 1.48 bits per heavy atom. The van der Waals surface area contributed by atoms with E-state index in [1.54, 1.807) is 11.6 Å². The van der Waals surface area contributed by atoms with Crippen molar-refractivity contribution in [3.8, 4) is 0 Å². The minimum atomic E-state index is -0.122. The number of carbonyl (C=O) groups is 1. The Balaban J connectivity index is 1.54. The number of aromatic nitrogens is 3. The van der Waals surface area contributed by atoms with Crippen LogP contribution in [0.2, 0.25) is 0 Å². The highest BCUT2D eigenvalue weighted by Gasteiger charge is 2.27. The van der Waals surface area contributed by atoms with Crippen LogP contribution in [0.15, 0.2) is 18.5 Å². The van der Waals surface area contributed by atoms with E-state index < -0.39 is 0 Å². The van der Waals surface area contributed by atoms with Crippen LogP contribution in [0, 0.1) is 5.92 Å². The molecule has 2 N–H and O–H groups in total. The summed E-state index contributed by atoms with van der Waals surface area (Å²) in [6, 6.07) is 3.89. The fourth-order valence-electron chi connectivity index (χ4n) is 2.71. The molecule has 0 spiro atoms. The van der Waals surface area contributed by atoms with Crippen molar-refractivity contribution in [2.24, 2.45) is 5.92 Å². The molecule has 0 radical (unpaired) electrons. The van der Waals surface area contributed by atoms with Gasteiger partial charge in [0.25, 0.3) is 0 Å².